The Kier molecular flexibility index (Phi) is 10.0. The molecule has 0 unspecified atom stereocenters. The molecule has 3 rings (SSSR count). The first kappa shape index (κ1) is 26.0. The molecule has 9 nitrogen and oxygen atoms in total. The Bertz CT molecular complexity index is 1180. The van der Waals surface area contributed by atoms with E-state index in [2.05, 4.69) is 21.2 Å². The maximum atomic E-state index is 12.1. The molecule has 0 saturated heterocycles. The molecule has 0 radical (unpaired) electrons. The number of benzene rings is 3. The van der Waals surface area contributed by atoms with Gasteiger partial charge in [-0.15, -0.1) is 0 Å². The van der Waals surface area contributed by atoms with E-state index in [4.69, 9.17) is 9.47 Å². The molecule has 0 atom stereocenters. The van der Waals surface area contributed by atoms with Gasteiger partial charge in [0.1, 0.15) is 0 Å². The molecule has 3 N–H and O–H groups in total. The van der Waals surface area contributed by atoms with E-state index in [0.29, 0.717) is 42.3 Å². The standard InChI is InChI=1S/C27H28N4O5/c1-2-35-24-17-21(13-14-23(24)36-19-25(32)30-22-11-7-4-8-12-22)18-29-31-27(34)26(33)28-16-15-20-9-5-3-6-10-20/h3-14,17-18H,2,15-16,19H2,1H3,(H,28,33)(H,30,32)(H,31,34)/b29-18-. The fraction of sp³-hybridized carbons (Fsp3) is 0.185. The Morgan fingerprint density at radius 2 is 1.58 bits per heavy atom. The van der Waals surface area contributed by atoms with Crippen molar-refractivity contribution in [2.24, 2.45) is 5.10 Å². The minimum atomic E-state index is -0.867. The van der Waals surface area contributed by atoms with E-state index in [-0.39, 0.29) is 12.5 Å². The SMILES string of the molecule is CCOc1cc(/C=N\NC(=O)C(=O)NCCc2ccccc2)ccc1OCC(=O)Nc1ccccc1. The zero-order valence-corrected chi connectivity index (χ0v) is 19.9. The number of carbonyl (C=O) groups is 3. The molecule has 3 aromatic carbocycles. The van der Waals surface area contributed by atoms with E-state index >= 15 is 0 Å². The number of rotatable bonds is 11. The number of nitrogens with one attached hydrogen (secondary N) is 3. The fourth-order valence-electron chi connectivity index (χ4n) is 3.12. The summed E-state index contributed by atoms with van der Waals surface area (Å²) in [6.45, 7) is 2.34. The average Bonchev–Trinajstić information content (AvgIpc) is 2.89. The van der Waals surface area contributed by atoms with Crippen molar-refractivity contribution in [3.8, 4) is 11.5 Å². The third kappa shape index (κ3) is 8.60. The van der Waals surface area contributed by atoms with Crippen molar-refractivity contribution in [3.05, 3.63) is 90.0 Å². The Morgan fingerprint density at radius 1 is 0.861 bits per heavy atom. The lowest BCUT2D eigenvalue weighted by atomic mass is 10.1. The number of hydrogen-bond acceptors (Lipinski definition) is 6. The zero-order chi connectivity index (χ0) is 25.6. The van der Waals surface area contributed by atoms with Gasteiger partial charge in [0.05, 0.1) is 12.8 Å². The van der Waals surface area contributed by atoms with Crippen molar-refractivity contribution in [1.82, 2.24) is 10.7 Å². The van der Waals surface area contributed by atoms with Gasteiger partial charge in [0.15, 0.2) is 18.1 Å². The average molecular weight is 489 g/mol. The van der Waals surface area contributed by atoms with E-state index in [1.165, 1.54) is 6.21 Å². The summed E-state index contributed by atoms with van der Waals surface area (Å²) in [5, 5.41) is 9.14. The van der Waals surface area contributed by atoms with Crippen LogP contribution in [0.15, 0.2) is 84.0 Å². The molecular formula is C27H28N4O5. The predicted octanol–water partition coefficient (Wildman–Crippen LogP) is 2.91. The summed E-state index contributed by atoms with van der Waals surface area (Å²) in [6.07, 6.45) is 2.00. The Balaban J connectivity index is 1.48. The summed E-state index contributed by atoms with van der Waals surface area (Å²) >= 11 is 0. The van der Waals surface area contributed by atoms with Crippen LogP contribution in [0.25, 0.3) is 0 Å². The topological polar surface area (TPSA) is 118 Å². The van der Waals surface area contributed by atoms with Crippen LogP contribution in [0.4, 0.5) is 5.69 Å². The molecule has 0 aliphatic rings. The maximum Gasteiger partial charge on any atom is 0.329 e. The molecule has 0 heterocycles. The second-order valence-electron chi connectivity index (χ2n) is 7.53. The molecule has 0 bridgehead atoms. The number of para-hydroxylation sites is 1. The van der Waals surface area contributed by atoms with Crippen LogP contribution in [0.5, 0.6) is 11.5 Å². The van der Waals surface area contributed by atoms with Gasteiger partial charge in [-0.05, 0) is 54.8 Å². The molecule has 36 heavy (non-hydrogen) atoms. The van der Waals surface area contributed by atoms with Crippen molar-refractivity contribution in [3.63, 3.8) is 0 Å². The lowest BCUT2D eigenvalue weighted by Crippen LogP contribution is -2.38. The lowest BCUT2D eigenvalue weighted by molar-refractivity contribution is -0.139. The molecule has 0 aliphatic heterocycles. The largest absolute Gasteiger partial charge is 0.490 e. The summed E-state index contributed by atoms with van der Waals surface area (Å²) < 4.78 is 11.2. The molecular weight excluding hydrogens is 460 g/mol. The van der Waals surface area contributed by atoms with Gasteiger partial charge in [0.2, 0.25) is 0 Å². The van der Waals surface area contributed by atoms with Crippen molar-refractivity contribution in [1.29, 1.82) is 0 Å². The Hall–Kier alpha value is -4.66. The van der Waals surface area contributed by atoms with Gasteiger partial charge in [-0.25, -0.2) is 5.43 Å². The second kappa shape index (κ2) is 13.9. The van der Waals surface area contributed by atoms with Crippen LogP contribution < -0.4 is 25.5 Å². The highest BCUT2D eigenvalue weighted by atomic mass is 16.5. The van der Waals surface area contributed by atoms with Crippen LogP contribution in [0.2, 0.25) is 0 Å². The van der Waals surface area contributed by atoms with E-state index in [0.717, 1.165) is 5.56 Å². The van der Waals surface area contributed by atoms with Gasteiger partial charge in [-0.1, -0.05) is 48.5 Å². The number of amides is 3. The smallest absolute Gasteiger partial charge is 0.329 e. The van der Waals surface area contributed by atoms with Crippen LogP contribution in [0.3, 0.4) is 0 Å². The molecule has 0 aromatic heterocycles. The van der Waals surface area contributed by atoms with E-state index in [1.807, 2.05) is 55.5 Å². The molecule has 0 aliphatic carbocycles. The van der Waals surface area contributed by atoms with Gasteiger partial charge in [0, 0.05) is 12.2 Å². The van der Waals surface area contributed by atoms with E-state index in [1.54, 1.807) is 30.3 Å². The minimum Gasteiger partial charge on any atom is -0.490 e. The third-order valence-corrected chi connectivity index (χ3v) is 4.81. The van der Waals surface area contributed by atoms with Crippen LogP contribution in [0.1, 0.15) is 18.1 Å². The summed E-state index contributed by atoms with van der Waals surface area (Å²) in [7, 11) is 0. The molecule has 0 saturated carbocycles. The number of anilines is 1. The molecule has 3 amide bonds. The summed E-state index contributed by atoms with van der Waals surface area (Å²) in [6, 6.07) is 23.7. The number of ether oxygens (including phenoxy) is 2. The van der Waals surface area contributed by atoms with Crippen molar-refractivity contribution in [2.75, 3.05) is 25.1 Å². The van der Waals surface area contributed by atoms with Crippen LogP contribution in [-0.2, 0) is 20.8 Å². The fourth-order valence-corrected chi connectivity index (χ4v) is 3.12. The van der Waals surface area contributed by atoms with Gasteiger partial charge < -0.3 is 20.1 Å². The quantitative estimate of drug-likeness (QED) is 0.218. The van der Waals surface area contributed by atoms with Crippen LogP contribution >= 0.6 is 0 Å². The molecule has 9 heteroatoms. The summed E-state index contributed by atoms with van der Waals surface area (Å²) in [5.41, 5.74) is 4.54. The first-order valence-corrected chi connectivity index (χ1v) is 11.4. The Labute approximate surface area is 209 Å². The van der Waals surface area contributed by atoms with E-state index in [9.17, 15) is 14.4 Å². The third-order valence-electron chi connectivity index (χ3n) is 4.81. The van der Waals surface area contributed by atoms with Crippen LogP contribution in [0, 0.1) is 0 Å². The van der Waals surface area contributed by atoms with Crippen LogP contribution in [-0.4, -0.2) is 43.7 Å². The molecule has 0 spiro atoms. The minimum absolute atomic E-state index is 0.197. The van der Waals surface area contributed by atoms with Gasteiger partial charge in [-0.3, -0.25) is 14.4 Å². The normalized spacial score (nSPS) is 10.5. The van der Waals surface area contributed by atoms with Crippen molar-refractivity contribution < 1.29 is 23.9 Å². The zero-order valence-electron chi connectivity index (χ0n) is 19.9. The summed E-state index contributed by atoms with van der Waals surface area (Å²) in [5.74, 6) is -1.14. The molecule has 186 valence electrons. The second-order valence-corrected chi connectivity index (χ2v) is 7.53. The summed E-state index contributed by atoms with van der Waals surface area (Å²) in [4.78, 5) is 36.0. The predicted molar refractivity (Wildman–Crippen MR) is 137 cm³/mol. The maximum absolute atomic E-state index is 12.1. The highest BCUT2D eigenvalue weighted by molar-refractivity contribution is 6.35. The molecule has 0 fully saturated rings. The highest BCUT2D eigenvalue weighted by Crippen LogP contribution is 2.28. The number of nitrogens with zero attached hydrogens (tertiary/aromatic N) is 1. The number of hydrazone groups is 1. The number of carbonyl (C=O) groups excluding carboxylic acids is 3. The molecule has 3 aromatic rings. The van der Waals surface area contributed by atoms with Crippen molar-refractivity contribution in [2.45, 2.75) is 13.3 Å². The first-order valence-electron chi connectivity index (χ1n) is 11.4. The van der Waals surface area contributed by atoms with E-state index < -0.39 is 11.8 Å². The lowest BCUT2D eigenvalue weighted by Gasteiger charge is -2.12. The first-order chi connectivity index (χ1) is 17.5. The van der Waals surface area contributed by atoms with Gasteiger partial charge in [-0.2, -0.15) is 5.10 Å². The van der Waals surface area contributed by atoms with Crippen molar-refractivity contribution >= 4 is 29.6 Å². The van der Waals surface area contributed by atoms with Gasteiger partial charge >= 0.3 is 11.8 Å². The number of hydrogen-bond donors (Lipinski definition) is 3. The van der Waals surface area contributed by atoms with Gasteiger partial charge in [0.25, 0.3) is 5.91 Å². The monoisotopic (exact) mass is 488 g/mol. The Morgan fingerprint density at radius 3 is 2.31 bits per heavy atom. The highest BCUT2D eigenvalue weighted by Gasteiger charge is 2.12.